The first-order valence-electron chi connectivity index (χ1n) is 18.0. The van der Waals surface area contributed by atoms with Crippen molar-refractivity contribution in [3.63, 3.8) is 0 Å². The third-order valence-corrected chi connectivity index (χ3v) is 9.90. The number of nitrogens with zero attached hydrogens (tertiary/aromatic N) is 1. The number of nitrogens with one attached hydrogen (secondary N) is 4. The van der Waals surface area contributed by atoms with Crippen LogP contribution >= 0.6 is 0 Å². The SMILES string of the molecule is COC(=O)c1ccc(CCNC(=O)[C@H](CC(F)F)NC(=O)[C@@H]2[C@@H]3[C@H](CN2C(=O)[C@@H](NC(=O)N[C@H](C(=O)OC(C)(C)C)C(C)C)C(C)(C)C)C3(C)C)cc1. The number of rotatable bonds is 14. The van der Waals surface area contributed by atoms with Gasteiger partial charge in [-0.3, -0.25) is 14.4 Å². The quantitative estimate of drug-likeness (QED) is 0.208. The fourth-order valence-corrected chi connectivity index (χ4v) is 6.85. The Morgan fingerprint density at radius 3 is 2.06 bits per heavy atom. The molecule has 3 rings (SSSR count). The molecule has 1 saturated heterocycles. The fourth-order valence-electron chi connectivity index (χ4n) is 6.85. The van der Waals surface area contributed by atoms with Gasteiger partial charge in [-0.2, -0.15) is 0 Å². The lowest BCUT2D eigenvalue weighted by atomic mass is 9.85. The van der Waals surface area contributed by atoms with Crippen LogP contribution in [-0.2, 0) is 35.1 Å². The zero-order valence-corrected chi connectivity index (χ0v) is 32.7. The Labute approximate surface area is 311 Å². The summed E-state index contributed by atoms with van der Waals surface area (Å²) in [7, 11) is 1.27. The summed E-state index contributed by atoms with van der Waals surface area (Å²) >= 11 is 0. The minimum atomic E-state index is -2.91. The Hall–Kier alpha value is -4.30. The number of fused-ring (bicyclic) bond motifs is 1. The molecule has 1 aromatic rings. The van der Waals surface area contributed by atoms with E-state index in [1.165, 1.54) is 12.0 Å². The predicted octanol–water partition coefficient (Wildman–Crippen LogP) is 3.84. The van der Waals surface area contributed by atoms with E-state index in [-0.39, 0.29) is 36.3 Å². The molecule has 53 heavy (non-hydrogen) atoms. The number of piperidine rings is 1. The lowest BCUT2D eigenvalue weighted by Gasteiger charge is -2.38. The van der Waals surface area contributed by atoms with Crippen LogP contribution < -0.4 is 21.3 Å². The second-order valence-electron chi connectivity index (χ2n) is 17.0. The predicted molar refractivity (Wildman–Crippen MR) is 193 cm³/mol. The standard InChI is InChI=1S/C38H57F2N5O8/c1-20(2)27(34(50)53-37(6,7)8)43-35(51)44-29(36(3,4)5)32(48)45-19-23-26(38(23,9)10)28(45)31(47)42-24(18-25(39)40)30(46)41-17-16-21-12-14-22(15-13-21)33(49)52-11/h12-15,20,23-29H,16-19H2,1-11H3,(H,41,46)(H,42,47)(H2,43,44,51)/t23-,24-,26-,27-,28-,29+/m0/s1. The second-order valence-corrected chi connectivity index (χ2v) is 17.0. The molecule has 0 radical (unpaired) electrons. The van der Waals surface area contributed by atoms with Crippen LogP contribution in [0.5, 0.6) is 0 Å². The normalized spacial score (nSPS) is 20.8. The average Bonchev–Trinajstić information content (AvgIpc) is 3.35. The molecule has 0 bridgehead atoms. The minimum absolute atomic E-state index is 0.0675. The van der Waals surface area contributed by atoms with Crippen LogP contribution in [0.15, 0.2) is 24.3 Å². The molecule has 2 aliphatic rings. The van der Waals surface area contributed by atoms with Crippen molar-refractivity contribution in [2.75, 3.05) is 20.2 Å². The highest BCUT2D eigenvalue weighted by molar-refractivity contribution is 5.96. The summed E-state index contributed by atoms with van der Waals surface area (Å²) in [4.78, 5) is 80.7. The number of carbonyl (C=O) groups is 6. The Bertz CT molecular complexity index is 1520. The lowest BCUT2D eigenvalue weighted by Crippen LogP contribution is -2.62. The Morgan fingerprint density at radius 2 is 1.55 bits per heavy atom. The Morgan fingerprint density at radius 1 is 0.943 bits per heavy atom. The largest absolute Gasteiger partial charge is 0.465 e. The van der Waals surface area contributed by atoms with Crippen LogP contribution in [0.4, 0.5) is 13.6 Å². The van der Waals surface area contributed by atoms with Gasteiger partial charge in [0.05, 0.1) is 12.7 Å². The number of hydrogen-bond acceptors (Lipinski definition) is 8. The number of alkyl halides is 2. The number of carbonyl (C=O) groups excluding carboxylic acids is 6. The Kier molecular flexibility index (Phi) is 13.7. The monoisotopic (exact) mass is 749 g/mol. The number of hydrogen-bond donors (Lipinski definition) is 4. The minimum Gasteiger partial charge on any atom is -0.465 e. The highest BCUT2D eigenvalue weighted by Gasteiger charge is 2.70. The summed E-state index contributed by atoms with van der Waals surface area (Å²) in [5.74, 6) is -3.93. The van der Waals surface area contributed by atoms with Crippen molar-refractivity contribution in [2.45, 2.75) is 118 Å². The van der Waals surface area contributed by atoms with Crippen LogP contribution in [0.1, 0.15) is 91.6 Å². The zero-order chi connectivity index (χ0) is 40.2. The first-order chi connectivity index (χ1) is 24.4. The molecular formula is C38H57F2N5O8. The van der Waals surface area contributed by atoms with Crippen molar-refractivity contribution in [1.82, 2.24) is 26.2 Å². The van der Waals surface area contributed by atoms with E-state index in [1.807, 2.05) is 13.8 Å². The molecule has 1 heterocycles. The molecule has 2 fully saturated rings. The van der Waals surface area contributed by atoms with Gasteiger partial charge in [-0.15, -0.1) is 0 Å². The van der Waals surface area contributed by atoms with Gasteiger partial charge in [-0.1, -0.05) is 60.6 Å². The Balaban J connectivity index is 1.76. The van der Waals surface area contributed by atoms with Gasteiger partial charge in [0.15, 0.2) is 0 Å². The van der Waals surface area contributed by atoms with Gasteiger partial charge in [-0.25, -0.2) is 23.2 Å². The summed E-state index contributed by atoms with van der Waals surface area (Å²) in [6, 6.07) is 0.925. The molecule has 0 spiro atoms. The molecule has 1 aliphatic carbocycles. The van der Waals surface area contributed by atoms with Gasteiger partial charge in [0.2, 0.25) is 24.1 Å². The van der Waals surface area contributed by atoms with Crippen molar-refractivity contribution in [2.24, 2.45) is 28.6 Å². The molecule has 296 valence electrons. The number of likely N-dealkylation sites (tertiary alicyclic amines) is 1. The molecule has 5 amide bonds. The zero-order valence-electron chi connectivity index (χ0n) is 32.7. The summed E-state index contributed by atoms with van der Waals surface area (Å²) < 4.78 is 37.6. The van der Waals surface area contributed by atoms with Crippen LogP contribution in [0.25, 0.3) is 0 Å². The summed E-state index contributed by atoms with van der Waals surface area (Å²) in [5, 5.41) is 10.5. The number of urea groups is 1. The van der Waals surface area contributed by atoms with E-state index in [2.05, 4.69) is 26.0 Å². The van der Waals surface area contributed by atoms with E-state index in [4.69, 9.17) is 4.74 Å². The number of ether oxygens (including phenoxy) is 2. The molecule has 1 aromatic carbocycles. The fraction of sp³-hybridized carbons (Fsp3) is 0.684. The summed E-state index contributed by atoms with van der Waals surface area (Å²) in [6.45, 7) is 18.1. The molecule has 15 heteroatoms. The first kappa shape index (κ1) is 43.1. The second kappa shape index (κ2) is 16.8. The van der Waals surface area contributed by atoms with Crippen LogP contribution in [0.2, 0.25) is 0 Å². The van der Waals surface area contributed by atoms with Gasteiger partial charge in [0.25, 0.3) is 0 Å². The molecule has 0 unspecified atom stereocenters. The summed E-state index contributed by atoms with van der Waals surface area (Å²) in [5.41, 5.74) is -0.847. The van der Waals surface area contributed by atoms with Crippen molar-refractivity contribution in [3.8, 4) is 0 Å². The average molecular weight is 750 g/mol. The molecule has 0 aromatic heterocycles. The van der Waals surface area contributed by atoms with Crippen molar-refractivity contribution >= 4 is 35.7 Å². The van der Waals surface area contributed by atoms with Crippen molar-refractivity contribution in [1.29, 1.82) is 0 Å². The van der Waals surface area contributed by atoms with E-state index in [0.717, 1.165) is 5.56 Å². The van der Waals surface area contributed by atoms with E-state index in [0.29, 0.717) is 12.0 Å². The number of halogens is 2. The van der Waals surface area contributed by atoms with Crippen LogP contribution in [-0.4, -0.2) is 97.0 Å². The van der Waals surface area contributed by atoms with Crippen molar-refractivity contribution < 1.29 is 47.0 Å². The van der Waals surface area contributed by atoms with Gasteiger partial charge in [0, 0.05) is 19.5 Å². The number of methoxy groups -OCH3 is 1. The molecule has 13 nitrogen and oxygen atoms in total. The maximum absolute atomic E-state index is 14.3. The molecular weight excluding hydrogens is 692 g/mol. The highest BCUT2D eigenvalue weighted by atomic mass is 19.3. The van der Waals surface area contributed by atoms with Crippen molar-refractivity contribution in [3.05, 3.63) is 35.4 Å². The van der Waals surface area contributed by atoms with E-state index in [9.17, 15) is 37.5 Å². The van der Waals surface area contributed by atoms with Gasteiger partial charge in [-0.05, 0) is 73.5 Å². The molecule has 6 atom stereocenters. The topological polar surface area (TPSA) is 172 Å². The van der Waals surface area contributed by atoms with Gasteiger partial charge >= 0.3 is 18.0 Å². The van der Waals surface area contributed by atoms with Gasteiger partial charge in [0.1, 0.15) is 29.8 Å². The number of benzene rings is 1. The maximum Gasteiger partial charge on any atom is 0.337 e. The van der Waals surface area contributed by atoms with Gasteiger partial charge < -0.3 is 35.6 Å². The maximum atomic E-state index is 14.3. The molecule has 1 aliphatic heterocycles. The molecule has 4 N–H and O–H groups in total. The third-order valence-electron chi connectivity index (χ3n) is 9.90. The van der Waals surface area contributed by atoms with E-state index >= 15 is 0 Å². The smallest absolute Gasteiger partial charge is 0.337 e. The number of amides is 5. The van der Waals surface area contributed by atoms with Crippen LogP contribution in [0, 0.1) is 28.6 Å². The summed E-state index contributed by atoms with van der Waals surface area (Å²) in [6.07, 6.45) is -3.52. The van der Waals surface area contributed by atoms with E-state index < -0.39 is 83.7 Å². The first-order valence-corrected chi connectivity index (χ1v) is 18.0. The third kappa shape index (κ3) is 11.1. The number of esters is 2. The van der Waals surface area contributed by atoms with E-state index in [1.54, 1.807) is 79.7 Å². The highest BCUT2D eigenvalue weighted by Crippen LogP contribution is 2.65. The molecule has 1 saturated carbocycles. The lowest BCUT2D eigenvalue weighted by molar-refractivity contribution is -0.158. The van der Waals surface area contributed by atoms with Crippen LogP contribution in [0.3, 0.4) is 0 Å².